The van der Waals surface area contributed by atoms with Gasteiger partial charge in [0.15, 0.2) is 0 Å². The maximum absolute atomic E-state index is 12.9. The van der Waals surface area contributed by atoms with Gasteiger partial charge in [-0.05, 0) is 81.8 Å². The number of rotatable bonds is 7. The number of carbonyl (C=O) groups excluding carboxylic acids is 1. The number of ether oxygens (including phenoxy) is 1. The highest BCUT2D eigenvalue weighted by Crippen LogP contribution is 2.30. The number of carbonyl (C=O) groups is 1. The van der Waals surface area contributed by atoms with Gasteiger partial charge in [-0.25, -0.2) is 4.68 Å². The Kier molecular flexibility index (Phi) is 7.31. The highest BCUT2D eigenvalue weighted by Gasteiger charge is 2.16. The minimum Gasteiger partial charge on any atom is -0.491 e. The fourth-order valence-electron chi connectivity index (χ4n) is 3.75. The van der Waals surface area contributed by atoms with Crippen LogP contribution in [0.4, 0.5) is 5.69 Å². The minimum atomic E-state index is -0.475. The molecule has 0 bridgehead atoms. The van der Waals surface area contributed by atoms with Crippen LogP contribution in [0.2, 0.25) is 0 Å². The van der Waals surface area contributed by atoms with Crippen LogP contribution in [0.1, 0.15) is 30.5 Å². The van der Waals surface area contributed by atoms with E-state index in [0.717, 1.165) is 28.1 Å². The van der Waals surface area contributed by atoms with Crippen molar-refractivity contribution in [3.8, 4) is 28.8 Å². The largest absolute Gasteiger partial charge is 0.491 e. The van der Waals surface area contributed by atoms with Gasteiger partial charge in [0.1, 0.15) is 23.1 Å². The monoisotopic (exact) mass is 476 g/mol. The van der Waals surface area contributed by atoms with Crippen LogP contribution in [0.25, 0.3) is 23.0 Å². The van der Waals surface area contributed by atoms with E-state index in [1.54, 1.807) is 10.8 Å². The second-order valence-electron chi connectivity index (χ2n) is 8.85. The molecule has 0 fully saturated rings. The summed E-state index contributed by atoms with van der Waals surface area (Å²) in [5, 5.41) is 17.4. The zero-order valence-electron chi connectivity index (χ0n) is 20.8. The summed E-state index contributed by atoms with van der Waals surface area (Å²) in [6.07, 6.45) is 3.48. The lowest BCUT2D eigenvalue weighted by Crippen LogP contribution is -2.13. The molecule has 0 atom stereocenters. The van der Waals surface area contributed by atoms with Crippen molar-refractivity contribution in [2.75, 3.05) is 5.32 Å². The fourth-order valence-corrected chi connectivity index (χ4v) is 3.75. The molecule has 1 N–H and O–H groups in total. The summed E-state index contributed by atoms with van der Waals surface area (Å²) in [4.78, 5) is 12.9. The molecule has 180 valence electrons. The van der Waals surface area contributed by atoms with Crippen LogP contribution in [-0.4, -0.2) is 21.8 Å². The van der Waals surface area contributed by atoms with Crippen molar-refractivity contribution in [1.82, 2.24) is 9.78 Å². The number of hydrogen-bond acceptors (Lipinski definition) is 4. The molecule has 0 radical (unpaired) electrons. The van der Waals surface area contributed by atoms with E-state index in [-0.39, 0.29) is 11.7 Å². The second-order valence-corrected chi connectivity index (χ2v) is 8.85. The molecule has 1 aromatic heterocycles. The van der Waals surface area contributed by atoms with Crippen molar-refractivity contribution in [2.45, 2.75) is 33.8 Å². The second kappa shape index (κ2) is 10.7. The van der Waals surface area contributed by atoms with Crippen LogP contribution < -0.4 is 10.1 Å². The fraction of sp³-hybridized carbons (Fsp3) is 0.167. The molecule has 1 amide bonds. The van der Waals surface area contributed by atoms with Crippen LogP contribution in [0.5, 0.6) is 5.75 Å². The van der Waals surface area contributed by atoms with Gasteiger partial charge < -0.3 is 10.1 Å². The van der Waals surface area contributed by atoms with E-state index in [9.17, 15) is 10.1 Å². The Labute approximate surface area is 211 Å². The van der Waals surface area contributed by atoms with Gasteiger partial charge in [0.25, 0.3) is 5.91 Å². The van der Waals surface area contributed by atoms with E-state index in [2.05, 4.69) is 5.32 Å². The third-order valence-electron chi connectivity index (χ3n) is 5.55. The number of aromatic nitrogens is 2. The topological polar surface area (TPSA) is 79.9 Å². The van der Waals surface area contributed by atoms with E-state index in [1.807, 2.05) is 113 Å². The molecule has 6 heteroatoms. The number of nitriles is 1. The van der Waals surface area contributed by atoms with Crippen LogP contribution >= 0.6 is 0 Å². The first-order valence-electron chi connectivity index (χ1n) is 11.8. The lowest BCUT2D eigenvalue weighted by atomic mass is 10.0. The summed E-state index contributed by atoms with van der Waals surface area (Å²) in [6, 6.07) is 25.1. The average molecular weight is 477 g/mol. The first-order chi connectivity index (χ1) is 17.3. The quantitative estimate of drug-likeness (QED) is 0.244. The summed E-state index contributed by atoms with van der Waals surface area (Å²) in [5.74, 6) is 0.333. The molecule has 0 saturated heterocycles. The Morgan fingerprint density at radius 1 is 1.06 bits per heavy atom. The number of aryl methyl sites for hydroxylation is 2. The zero-order valence-corrected chi connectivity index (χ0v) is 20.8. The van der Waals surface area contributed by atoms with E-state index < -0.39 is 5.91 Å². The molecule has 0 aliphatic heterocycles. The normalized spacial score (nSPS) is 11.3. The number of anilines is 1. The Morgan fingerprint density at radius 2 is 1.78 bits per heavy atom. The van der Waals surface area contributed by atoms with Crippen molar-refractivity contribution in [3.05, 3.63) is 101 Å². The van der Waals surface area contributed by atoms with Gasteiger partial charge in [0.05, 0.1) is 11.8 Å². The number of amides is 1. The molecule has 0 unspecified atom stereocenters. The molecule has 0 spiro atoms. The molecular weight excluding hydrogens is 448 g/mol. The smallest absolute Gasteiger partial charge is 0.266 e. The highest BCUT2D eigenvalue weighted by molar-refractivity contribution is 6.10. The van der Waals surface area contributed by atoms with Gasteiger partial charge in [-0.1, -0.05) is 35.9 Å². The van der Waals surface area contributed by atoms with Crippen molar-refractivity contribution in [2.24, 2.45) is 0 Å². The molecule has 0 saturated carbocycles. The summed E-state index contributed by atoms with van der Waals surface area (Å²) < 4.78 is 7.64. The highest BCUT2D eigenvalue weighted by atomic mass is 16.5. The molecule has 4 rings (SSSR count). The number of nitrogens with one attached hydrogen (secondary N) is 1. The predicted molar refractivity (Wildman–Crippen MR) is 143 cm³/mol. The van der Waals surface area contributed by atoms with Gasteiger partial charge in [0, 0.05) is 23.0 Å². The van der Waals surface area contributed by atoms with Crippen molar-refractivity contribution in [1.29, 1.82) is 5.26 Å². The maximum atomic E-state index is 12.9. The number of para-hydroxylation sites is 1. The molecule has 1 heterocycles. The first-order valence-corrected chi connectivity index (χ1v) is 11.8. The molecular formula is C30H28N4O2. The lowest BCUT2D eigenvalue weighted by Gasteiger charge is -2.13. The average Bonchev–Trinajstić information content (AvgIpc) is 3.29. The van der Waals surface area contributed by atoms with Crippen molar-refractivity contribution < 1.29 is 9.53 Å². The van der Waals surface area contributed by atoms with Crippen molar-refractivity contribution in [3.63, 3.8) is 0 Å². The molecule has 3 aromatic carbocycles. The van der Waals surface area contributed by atoms with Gasteiger partial charge in [-0.2, -0.15) is 10.4 Å². The van der Waals surface area contributed by atoms with E-state index in [4.69, 9.17) is 9.84 Å². The van der Waals surface area contributed by atoms with Crippen molar-refractivity contribution >= 4 is 17.7 Å². The molecule has 6 nitrogen and oxygen atoms in total. The predicted octanol–water partition coefficient (Wildman–Crippen LogP) is 6.49. The van der Waals surface area contributed by atoms with E-state index >= 15 is 0 Å². The van der Waals surface area contributed by atoms with Crippen LogP contribution in [0.15, 0.2) is 84.6 Å². The van der Waals surface area contributed by atoms with Gasteiger partial charge in [-0.15, -0.1) is 0 Å². The van der Waals surface area contributed by atoms with Crippen LogP contribution in [0, 0.1) is 25.2 Å². The Balaban J connectivity index is 1.75. The van der Waals surface area contributed by atoms with Crippen LogP contribution in [-0.2, 0) is 4.79 Å². The maximum Gasteiger partial charge on any atom is 0.266 e. The van der Waals surface area contributed by atoms with Gasteiger partial charge >= 0.3 is 0 Å². The SMILES string of the molecule is Cc1ccc(NC(=O)/C(C#N)=C\c2cn(-c3ccccc3)nc2-c2ccc(OC(C)C)c(C)c2)cc1. The third kappa shape index (κ3) is 5.70. The Hall–Kier alpha value is -4.63. The minimum absolute atomic E-state index is 0.0130. The molecule has 0 aliphatic carbocycles. The van der Waals surface area contributed by atoms with Gasteiger partial charge in [-0.3, -0.25) is 4.79 Å². The first kappa shape index (κ1) is 24.5. The standard InChI is InChI=1S/C30H28N4O2/c1-20(2)36-28-15-12-23(16-22(28)4)29-25(19-34(33-29)27-8-6-5-7-9-27)17-24(18-31)30(35)32-26-13-10-21(3)11-14-26/h5-17,19-20H,1-4H3,(H,32,35)/b24-17-. The number of nitrogens with zero attached hydrogens (tertiary/aromatic N) is 3. The Bertz CT molecular complexity index is 1440. The molecule has 36 heavy (non-hydrogen) atoms. The summed E-state index contributed by atoms with van der Waals surface area (Å²) in [6.45, 7) is 7.94. The van der Waals surface area contributed by atoms with Crippen LogP contribution in [0.3, 0.4) is 0 Å². The molecule has 0 aliphatic rings. The third-order valence-corrected chi connectivity index (χ3v) is 5.55. The summed E-state index contributed by atoms with van der Waals surface area (Å²) in [5.41, 5.74) is 5.73. The number of benzene rings is 3. The van der Waals surface area contributed by atoms with Gasteiger partial charge in [0.2, 0.25) is 0 Å². The molecule has 4 aromatic rings. The Morgan fingerprint density at radius 3 is 2.42 bits per heavy atom. The lowest BCUT2D eigenvalue weighted by molar-refractivity contribution is -0.112. The zero-order chi connectivity index (χ0) is 25.7. The number of hydrogen-bond donors (Lipinski definition) is 1. The van der Waals surface area contributed by atoms with E-state index in [1.165, 1.54) is 0 Å². The summed E-state index contributed by atoms with van der Waals surface area (Å²) in [7, 11) is 0. The van der Waals surface area contributed by atoms with E-state index in [0.29, 0.717) is 16.9 Å². The summed E-state index contributed by atoms with van der Waals surface area (Å²) >= 11 is 0.